The van der Waals surface area contributed by atoms with Crippen LogP contribution >= 0.6 is 15.9 Å². The Balaban J connectivity index is 2.12. The first kappa shape index (κ1) is 16.5. The van der Waals surface area contributed by atoms with Crippen molar-refractivity contribution in [1.82, 2.24) is 0 Å². The summed E-state index contributed by atoms with van der Waals surface area (Å²) in [6, 6.07) is 14.8. The number of carbonyl (C=O) groups excluding carboxylic acids is 1. The monoisotopic (exact) mass is 363 g/mol. The Bertz CT molecular complexity index is 631. The van der Waals surface area contributed by atoms with Crippen molar-refractivity contribution in [3.8, 4) is 5.75 Å². The van der Waals surface area contributed by atoms with Gasteiger partial charge < -0.3 is 14.4 Å². The first-order valence-corrected chi connectivity index (χ1v) is 7.67. The summed E-state index contributed by atoms with van der Waals surface area (Å²) in [5, 5.41) is 0. The molecule has 22 heavy (non-hydrogen) atoms. The molecule has 2 rings (SSSR count). The fourth-order valence-electron chi connectivity index (χ4n) is 1.95. The van der Waals surface area contributed by atoms with Crippen LogP contribution in [0.25, 0.3) is 0 Å². The lowest BCUT2D eigenvalue weighted by atomic mass is 10.2. The molecule has 0 aliphatic heterocycles. The van der Waals surface area contributed by atoms with Gasteiger partial charge in [-0.25, -0.2) is 0 Å². The highest BCUT2D eigenvalue weighted by Gasteiger charge is 2.15. The first-order chi connectivity index (χ1) is 10.6. The van der Waals surface area contributed by atoms with E-state index in [1.807, 2.05) is 30.3 Å². The molecule has 0 aliphatic rings. The van der Waals surface area contributed by atoms with Crippen LogP contribution < -0.4 is 9.64 Å². The summed E-state index contributed by atoms with van der Waals surface area (Å²) >= 11 is 3.44. The van der Waals surface area contributed by atoms with E-state index in [4.69, 9.17) is 9.47 Å². The third kappa shape index (κ3) is 4.08. The normalized spacial score (nSPS) is 10.3. The Kier molecular flexibility index (Phi) is 5.98. The molecule has 0 saturated carbocycles. The number of methoxy groups -OCH3 is 1. The SMILES string of the molecule is COCCOc1ccc(C(=O)N(C)c2ccccc2)cc1Br. The summed E-state index contributed by atoms with van der Waals surface area (Å²) in [7, 11) is 3.38. The molecule has 0 heterocycles. The van der Waals surface area contributed by atoms with Crippen LogP contribution in [0.15, 0.2) is 53.0 Å². The van der Waals surface area contributed by atoms with Crippen LogP contribution in [0, 0.1) is 0 Å². The zero-order valence-corrected chi connectivity index (χ0v) is 14.2. The fraction of sp³-hybridized carbons (Fsp3) is 0.235. The summed E-state index contributed by atoms with van der Waals surface area (Å²) < 4.78 is 11.3. The number of ether oxygens (including phenoxy) is 2. The van der Waals surface area contributed by atoms with Crippen LogP contribution in [0.4, 0.5) is 5.69 Å². The van der Waals surface area contributed by atoms with E-state index in [0.29, 0.717) is 24.5 Å². The van der Waals surface area contributed by atoms with Gasteiger partial charge in [-0.3, -0.25) is 4.79 Å². The average Bonchev–Trinajstić information content (AvgIpc) is 2.56. The summed E-state index contributed by atoms with van der Waals surface area (Å²) in [5.74, 6) is 0.617. The number of amides is 1. The van der Waals surface area contributed by atoms with Gasteiger partial charge in [-0.05, 0) is 46.3 Å². The van der Waals surface area contributed by atoms with E-state index in [1.54, 1.807) is 37.3 Å². The van der Waals surface area contributed by atoms with E-state index in [0.717, 1.165) is 10.2 Å². The van der Waals surface area contributed by atoms with Crippen LogP contribution in [-0.4, -0.2) is 33.3 Å². The number of anilines is 1. The minimum atomic E-state index is -0.0738. The molecule has 0 fully saturated rings. The van der Waals surface area contributed by atoms with Gasteiger partial charge >= 0.3 is 0 Å². The largest absolute Gasteiger partial charge is 0.490 e. The Labute approximate surface area is 138 Å². The molecule has 2 aromatic carbocycles. The second kappa shape index (κ2) is 7.96. The summed E-state index contributed by atoms with van der Waals surface area (Å²) in [4.78, 5) is 14.1. The van der Waals surface area contributed by atoms with E-state index < -0.39 is 0 Å². The van der Waals surface area contributed by atoms with E-state index >= 15 is 0 Å². The van der Waals surface area contributed by atoms with Gasteiger partial charge in [-0.1, -0.05) is 18.2 Å². The van der Waals surface area contributed by atoms with Crippen LogP contribution in [0.2, 0.25) is 0 Å². The predicted molar refractivity (Wildman–Crippen MR) is 90.7 cm³/mol. The lowest BCUT2D eigenvalue weighted by molar-refractivity contribution is 0.0993. The van der Waals surface area contributed by atoms with Crippen LogP contribution in [0.1, 0.15) is 10.4 Å². The Morgan fingerprint density at radius 2 is 1.86 bits per heavy atom. The summed E-state index contributed by atoms with van der Waals surface area (Å²) in [6.45, 7) is 0.982. The van der Waals surface area contributed by atoms with Crippen LogP contribution in [0.5, 0.6) is 5.75 Å². The van der Waals surface area contributed by atoms with Crippen molar-refractivity contribution in [2.75, 3.05) is 32.3 Å². The molecule has 0 radical (unpaired) electrons. The molecule has 4 nitrogen and oxygen atoms in total. The molecule has 116 valence electrons. The van der Waals surface area contributed by atoms with Crippen LogP contribution in [-0.2, 0) is 4.74 Å². The number of rotatable bonds is 6. The second-order valence-corrected chi connectivity index (χ2v) is 5.54. The van der Waals surface area contributed by atoms with Gasteiger partial charge in [-0.15, -0.1) is 0 Å². The third-order valence-electron chi connectivity index (χ3n) is 3.17. The van der Waals surface area contributed by atoms with Crippen molar-refractivity contribution in [1.29, 1.82) is 0 Å². The maximum Gasteiger partial charge on any atom is 0.258 e. The zero-order chi connectivity index (χ0) is 15.9. The fourth-order valence-corrected chi connectivity index (χ4v) is 2.44. The number of para-hydroxylation sites is 1. The molecule has 2 aromatic rings. The average molecular weight is 364 g/mol. The second-order valence-electron chi connectivity index (χ2n) is 4.69. The number of benzene rings is 2. The van der Waals surface area contributed by atoms with Gasteiger partial charge in [0, 0.05) is 25.4 Å². The molecule has 0 atom stereocenters. The topological polar surface area (TPSA) is 38.8 Å². The zero-order valence-electron chi connectivity index (χ0n) is 12.6. The van der Waals surface area contributed by atoms with Crippen LogP contribution in [0.3, 0.4) is 0 Å². The highest BCUT2D eigenvalue weighted by molar-refractivity contribution is 9.10. The summed E-state index contributed by atoms with van der Waals surface area (Å²) in [6.07, 6.45) is 0. The Morgan fingerprint density at radius 1 is 1.14 bits per heavy atom. The standard InChI is InChI=1S/C17H18BrNO3/c1-19(14-6-4-3-5-7-14)17(20)13-8-9-16(15(18)12-13)22-11-10-21-2/h3-9,12H,10-11H2,1-2H3. The first-order valence-electron chi connectivity index (χ1n) is 6.88. The van der Waals surface area contributed by atoms with Crippen molar-refractivity contribution >= 4 is 27.5 Å². The van der Waals surface area contributed by atoms with E-state index in [9.17, 15) is 4.79 Å². The maximum atomic E-state index is 12.5. The summed E-state index contributed by atoms with van der Waals surface area (Å²) in [5.41, 5.74) is 1.45. The van der Waals surface area contributed by atoms with Crippen molar-refractivity contribution < 1.29 is 14.3 Å². The molecule has 0 N–H and O–H groups in total. The van der Waals surface area contributed by atoms with Gasteiger partial charge in [0.25, 0.3) is 5.91 Å². The van der Waals surface area contributed by atoms with Gasteiger partial charge in [0.05, 0.1) is 11.1 Å². The Morgan fingerprint density at radius 3 is 2.50 bits per heavy atom. The Hall–Kier alpha value is -1.85. The minimum Gasteiger partial charge on any atom is -0.490 e. The van der Waals surface area contributed by atoms with Gasteiger partial charge in [0.1, 0.15) is 12.4 Å². The molecule has 0 saturated heterocycles. The van der Waals surface area contributed by atoms with Gasteiger partial charge in [0.15, 0.2) is 0 Å². The van der Waals surface area contributed by atoms with Crippen molar-refractivity contribution in [2.24, 2.45) is 0 Å². The molecule has 0 bridgehead atoms. The molecule has 1 amide bonds. The van der Waals surface area contributed by atoms with Crippen molar-refractivity contribution in [2.45, 2.75) is 0 Å². The van der Waals surface area contributed by atoms with Crippen molar-refractivity contribution in [3.05, 3.63) is 58.6 Å². The smallest absolute Gasteiger partial charge is 0.258 e. The number of nitrogens with zero attached hydrogens (tertiary/aromatic N) is 1. The molecule has 0 spiro atoms. The lowest BCUT2D eigenvalue weighted by Crippen LogP contribution is -2.26. The van der Waals surface area contributed by atoms with Gasteiger partial charge in [-0.2, -0.15) is 0 Å². The van der Waals surface area contributed by atoms with Gasteiger partial charge in [0.2, 0.25) is 0 Å². The third-order valence-corrected chi connectivity index (χ3v) is 3.79. The number of hydrogen-bond donors (Lipinski definition) is 0. The van der Waals surface area contributed by atoms with E-state index in [1.165, 1.54) is 0 Å². The van der Waals surface area contributed by atoms with Crippen molar-refractivity contribution in [3.63, 3.8) is 0 Å². The molecular weight excluding hydrogens is 346 g/mol. The molecular formula is C17H18BrNO3. The number of halogens is 1. The van der Waals surface area contributed by atoms with E-state index in [2.05, 4.69) is 15.9 Å². The maximum absolute atomic E-state index is 12.5. The number of carbonyl (C=O) groups is 1. The molecule has 0 aromatic heterocycles. The minimum absolute atomic E-state index is 0.0738. The lowest BCUT2D eigenvalue weighted by Gasteiger charge is -2.18. The van der Waals surface area contributed by atoms with E-state index in [-0.39, 0.29) is 5.91 Å². The molecule has 0 unspecified atom stereocenters. The number of hydrogen-bond acceptors (Lipinski definition) is 3. The highest BCUT2D eigenvalue weighted by Crippen LogP contribution is 2.27. The highest BCUT2D eigenvalue weighted by atomic mass is 79.9. The molecule has 5 heteroatoms. The quantitative estimate of drug-likeness (QED) is 0.733. The predicted octanol–water partition coefficient (Wildman–Crippen LogP) is 3.75. The molecule has 0 aliphatic carbocycles.